The summed E-state index contributed by atoms with van der Waals surface area (Å²) in [5.74, 6) is 1.55. The lowest BCUT2D eigenvalue weighted by Crippen LogP contribution is -2.40. The van der Waals surface area contributed by atoms with Crippen LogP contribution in [0.4, 0.5) is 5.69 Å². The number of carbonyl (C=O) groups is 2. The van der Waals surface area contributed by atoms with E-state index in [2.05, 4.69) is 10.2 Å². The van der Waals surface area contributed by atoms with E-state index in [4.69, 9.17) is 4.74 Å². The molecule has 0 atom stereocenters. The largest absolute Gasteiger partial charge is 0.497 e. The number of piperidine rings is 1. The first-order chi connectivity index (χ1) is 12.6. The van der Waals surface area contributed by atoms with Crippen LogP contribution < -0.4 is 10.1 Å². The average Bonchev–Trinajstić information content (AvgIpc) is 3.19. The van der Waals surface area contributed by atoms with Crippen LogP contribution in [0.2, 0.25) is 0 Å². The van der Waals surface area contributed by atoms with Crippen molar-refractivity contribution in [3.63, 3.8) is 0 Å². The third-order valence-electron chi connectivity index (χ3n) is 5.37. The number of anilines is 1. The number of hydrogen-bond donors (Lipinski definition) is 1. The molecule has 1 N–H and O–H groups in total. The van der Waals surface area contributed by atoms with Gasteiger partial charge in [0.15, 0.2) is 0 Å². The SMILES string of the molecule is COc1ccc(NC(=O)CN2CCC(CC(=O)N3CCCC3)CC2)cc1. The normalized spacial score (nSPS) is 18.7. The molecule has 2 fully saturated rings. The zero-order chi connectivity index (χ0) is 18.4. The molecule has 0 saturated carbocycles. The Bertz CT molecular complexity index is 603. The number of methoxy groups -OCH3 is 1. The molecule has 6 nitrogen and oxygen atoms in total. The molecule has 1 aromatic carbocycles. The average molecular weight is 359 g/mol. The first-order valence-corrected chi connectivity index (χ1v) is 9.58. The van der Waals surface area contributed by atoms with Gasteiger partial charge >= 0.3 is 0 Å². The van der Waals surface area contributed by atoms with Crippen LogP contribution in [0.1, 0.15) is 32.1 Å². The monoisotopic (exact) mass is 359 g/mol. The summed E-state index contributed by atoms with van der Waals surface area (Å²) < 4.78 is 5.12. The summed E-state index contributed by atoms with van der Waals surface area (Å²) in [6.45, 7) is 4.03. The Morgan fingerprint density at radius 3 is 2.35 bits per heavy atom. The van der Waals surface area contributed by atoms with Gasteiger partial charge in [0.05, 0.1) is 13.7 Å². The van der Waals surface area contributed by atoms with Crippen molar-refractivity contribution in [3.8, 4) is 5.75 Å². The van der Waals surface area contributed by atoms with Crippen molar-refractivity contribution in [1.29, 1.82) is 0 Å². The van der Waals surface area contributed by atoms with Crippen molar-refractivity contribution < 1.29 is 14.3 Å². The van der Waals surface area contributed by atoms with Crippen LogP contribution in [-0.2, 0) is 9.59 Å². The predicted molar refractivity (Wildman–Crippen MR) is 101 cm³/mol. The predicted octanol–water partition coefficient (Wildman–Crippen LogP) is 2.36. The molecule has 0 bridgehead atoms. The second kappa shape index (κ2) is 9.03. The number of nitrogens with zero attached hydrogens (tertiary/aromatic N) is 2. The highest BCUT2D eigenvalue weighted by Crippen LogP contribution is 2.22. The van der Waals surface area contributed by atoms with Crippen molar-refractivity contribution >= 4 is 17.5 Å². The van der Waals surface area contributed by atoms with E-state index < -0.39 is 0 Å². The molecule has 0 aliphatic carbocycles. The van der Waals surface area contributed by atoms with Gasteiger partial charge in [-0.2, -0.15) is 0 Å². The third-order valence-corrected chi connectivity index (χ3v) is 5.37. The Kier molecular flexibility index (Phi) is 6.50. The van der Waals surface area contributed by atoms with E-state index in [1.54, 1.807) is 7.11 Å². The van der Waals surface area contributed by atoms with Crippen LogP contribution in [0, 0.1) is 5.92 Å². The quantitative estimate of drug-likeness (QED) is 0.847. The maximum Gasteiger partial charge on any atom is 0.238 e. The lowest BCUT2D eigenvalue weighted by atomic mass is 9.93. The van der Waals surface area contributed by atoms with Crippen molar-refractivity contribution in [1.82, 2.24) is 9.80 Å². The van der Waals surface area contributed by atoms with Crippen LogP contribution >= 0.6 is 0 Å². The van der Waals surface area contributed by atoms with Gasteiger partial charge in [0.1, 0.15) is 5.75 Å². The van der Waals surface area contributed by atoms with Crippen LogP contribution in [0.5, 0.6) is 5.75 Å². The first kappa shape index (κ1) is 18.7. The standard InChI is InChI=1S/C20H29N3O3/c1-26-18-6-4-17(5-7-18)21-19(24)15-22-12-8-16(9-13-22)14-20(25)23-10-2-3-11-23/h4-7,16H,2-3,8-15H2,1H3,(H,21,24). The Hall–Kier alpha value is -2.08. The summed E-state index contributed by atoms with van der Waals surface area (Å²) in [4.78, 5) is 28.7. The molecule has 142 valence electrons. The van der Waals surface area contributed by atoms with Gasteiger partial charge in [-0.25, -0.2) is 0 Å². The molecule has 2 aliphatic heterocycles. The third kappa shape index (κ3) is 5.21. The lowest BCUT2D eigenvalue weighted by Gasteiger charge is -2.31. The maximum absolute atomic E-state index is 12.3. The number of ether oxygens (including phenoxy) is 1. The molecule has 2 saturated heterocycles. The number of benzene rings is 1. The number of likely N-dealkylation sites (tertiary alicyclic amines) is 2. The number of hydrogen-bond acceptors (Lipinski definition) is 4. The van der Waals surface area contributed by atoms with E-state index in [1.165, 1.54) is 0 Å². The summed E-state index contributed by atoms with van der Waals surface area (Å²) in [6.07, 6.45) is 4.96. The number of carbonyl (C=O) groups excluding carboxylic acids is 2. The molecular weight excluding hydrogens is 330 g/mol. The van der Waals surface area contributed by atoms with E-state index in [-0.39, 0.29) is 5.91 Å². The fourth-order valence-electron chi connectivity index (χ4n) is 3.77. The van der Waals surface area contributed by atoms with Crippen molar-refractivity contribution in [3.05, 3.63) is 24.3 Å². The molecule has 6 heteroatoms. The van der Waals surface area contributed by atoms with Gasteiger partial charge in [0, 0.05) is 25.2 Å². The van der Waals surface area contributed by atoms with Gasteiger partial charge in [-0.3, -0.25) is 14.5 Å². The minimum atomic E-state index is 0.00163. The van der Waals surface area contributed by atoms with Crippen LogP contribution in [0.25, 0.3) is 0 Å². The molecule has 26 heavy (non-hydrogen) atoms. The van der Waals surface area contributed by atoms with Crippen LogP contribution in [0.15, 0.2) is 24.3 Å². The van der Waals surface area contributed by atoms with Crippen molar-refractivity contribution in [2.24, 2.45) is 5.92 Å². The van der Waals surface area contributed by atoms with E-state index in [0.29, 0.717) is 24.8 Å². The topological polar surface area (TPSA) is 61.9 Å². The fraction of sp³-hybridized carbons (Fsp3) is 0.600. The molecule has 2 aliphatic rings. The molecular formula is C20H29N3O3. The Morgan fingerprint density at radius 2 is 1.73 bits per heavy atom. The first-order valence-electron chi connectivity index (χ1n) is 9.58. The Morgan fingerprint density at radius 1 is 1.08 bits per heavy atom. The van der Waals surface area contributed by atoms with Gasteiger partial charge in [-0.05, 0) is 69.0 Å². The van der Waals surface area contributed by atoms with Crippen molar-refractivity contribution in [2.45, 2.75) is 32.1 Å². The van der Waals surface area contributed by atoms with Gasteiger partial charge in [-0.15, -0.1) is 0 Å². The van der Waals surface area contributed by atoms with Gasteiger partial charge in [-0.1, -0.05) is 0 Å². The van der Waals surface area contributed by atoms with Gasteiger partial charge in [0.25, 0.3) is 0 Å². The molecule has 0 spiro atoms. The minimum Gasteiger partial charge on any atom is -0.497 e. The highest BCUT2D eigenvalue weighted by atomic mass is 16.5. The summed E-state index contributed by atoms with van der Waals surface area (Å²) in [5, 5.41) is 2.92. The van der Waals surface area contributed by atoms with E-state index in [9.17, 15) is 9.59 Å². The minimum absolute atomic E-state index is 0.00163. The van der Waals surface area contributed by atoms with Crippen LogP contribution in [0.3, 0.4) is 0 Å². The molecule has 0 aromatic heterocycles. The summed E-state index contributed by atoms with van der Waals surface area (Å²) in [5.41, 5.74) is 0.780. The highest BCUT2D eigenvalue weighted by Gasteiger charge is 2.25. The smallest absolute Gasteiger partial charge is 0.238 e. The van der Waals surface area contributed by atoms with Crippen LogP contribution in [-0.4, -0.2) is 61.4 Å². The van der Waals surface area contributed by atoms with E-state index in [0.717, 1.165) is 63.3 Å². The Balaban J connectivity index is 1.37. The maximum atomic E-state index is 12.3. The highest BCUT2D eigenvalue weighted by molar-refractivity contribution is 5.92. The lowest BCUT2D eigenvalue weighted by molar-refractivity contribution is -0.131. The summed E-state index contributed by atoms with van der Waals surface area (Å²) in [7, 11) is 1.62. The van der Waals surface area contributed by atoms with E-state index >= 15 is 0 Å². The zero-order valence-corrected chi connectivity index (χ0v) is 15.6. The number of nitrogens with one attached hydrogen (secondary N) is 1. The molecule has 2 heterocycles. The molecule has 3 rings (SSSR count). The zero-order valence-electron chi connectivity index (χ0n) is 15.6. The van der Waals surface area contributed by atoms with Gasteiger partial charge < -0.3 is 15.0 Å². The Labute approximate surface area is 155 Å². The van der Waals surface area contributed by atoms with Gasteiger partial charge in [0.2, 0.25) is 11.8 Å². The summed E-state index contributed by atoms with van der Waals surface area (Å²) in [6, 6.07) is 7.34. The second-order valence-corrected chi connectivity index (χ2v) is 7.29. The molecule has 1 aromatic rings. The van der Waals surface area contributed by atoms with E-state index in [1.807, 2.05) is 29.2 Å². The molecule has 0 radical (unpaired) electrons. The molecule has 2 amide bonds. The summed E-state index contributed by atoms with van der Waals surface area (Å²) >= 11 is 0. The second-order valence-electron chi connectivity index (χ2n) is 7.29. The van der Waals surface area contributed by atoms with Crippen molar-refractivity contribution in [2.75, 3.05) is 45.2 Å². The molecule has 0 unspecified atom stereocenters. The number of rotatable bonds is 6. The number of amides is 2. The fourth-order valence-corrected chi connectivity index (χ4v) is 3.77.